The summed E-state index contributed by atoms with van der Waals surface area (Å²) in [4.78, 5) is 16.3. The zero-order valence-electron chi connectivity index (χ0n) is 14.3. The van der Waals surface area contributed by atoms with Gasteiger partial charge in [-0.3, -0.25) is 9.69 Å². The molecule has 1 saturated heterocycles. The van der Waals surface area contributed by atoms with Crippen molar-refractivity contribution in [3.63, 3.8) is 0 Å². The number of rotatable bonds is 4. The third kappa shape index (κ3) is 4.00. The van der Waals surface area contributed by atoms with E-state index in [1.54, 1.807) is 19.0 Å². The van der Waals surface area contributed by atoms with Crippen molar-refractivity contribution >= 4 is 17.7 Å². The highest BCUT2D eigenvalue weighted by Gasteiger charge is 2.24. The minimum absolute atomic E-state index is 0.0608. The van der Waals surface area contributed by atoms with Gasteiger partial charge in [-0.1, -0.05) is 42.5 Å². The fraction of sp³-hybridized carbons (Fsp3) is 0.350. The van der Waals surface area contributed by atoms with Crippen LogP contribution in [-0.4, -0.2) is 47.9 Å². The van der Waals surface area contributed by atoms with E-state index in [0.29, 0.717) is 6.04 Å². The molecule has 3 nitrogen and oxygen atoms in total. The molecule has 1 amide bonds. The van der Waals surface area contributed by atoms with Crippen LogP contribution in [0.5, 0.6) is 0 Å². The molecule has 4 heteroatoms. The number of hydrogen-bond donors (Lipinski definition) is 0. The molecule has 0 N–H and O–H groups in total. The van der Waals surface area contributed by atoms with Crippen LogP contribution in [0.25, 0.3) is 0 Å². The van der Waals surface area contributed by atoms with E-state index in [1.807, 2.05) is 30.0 Å². The molecule has 1 aliphatic rings. The zero-order chi connectivity index (χ0) is 16.9. The number of carbonyl (C=O) groups is 1. The van der Waals surface area contributed by atoms with Gasteiger partial charge in [-0.2, -0.15) is 11.8 Å². The first-order valence-corrected chi connectivity index (χ1v) is 9.48. The second-order valence-corrected chi connectivity index (χ2v) is 7.52. The SMILES string of the molecule is CN(C)C(=O)c1cccc(CN2CCSCC2c2ccccc2)c1. The molecule has 3 rings (SSSR count). The molecule has 24 heavy (non-hydrogen) atoms. The Kier molecular flexibility index (Phi) is 5.59. The third-order valence-electron chi connectivity index (χ3n) is 4.39. The summed E-state index contributed by atoms with van der Waals surface area (Å²) >= 11 is 2.02. The summed E-state index contributed by atoms with van der Waals surface area (Å²) in [6.45, 7) is 1.96. The Morgan fingerprint density at radius 1 is 1.17 bits per heavy atom. The Balaban J connectivity index is 1.78. The van der Waals surface area contributed by atoms with Crippen molar-refractivity contribution in [1.82, 2.24) is 9.80 Å². The van der Waals surface area contributed by atoms with E-state index >= 15 is 0 Å². The molecule has 2 aromatic carbocycles. The van der Waals surface area contributed by atoms with Gasteiger partial charge in [0.25, 0.3) is 5.91 Å². The first kappa shape index (κ1) is 17.1. The molecular weight excluding hydrogens is 316 g/mol. The van der Waals surface area contributed by atoms with Gasteiger partial charge in [-0.15, -0.1) is 0 Å². The van der Waals surface area contributed by atoms with Crippen molar-refractivity contribution in [2.45, 2.75) is 12.6 Å². The van der Waals surface area contributed by atoms with Crippen LogP contribution in [0.15, 0.2) is 54.6 Å². The molecule has 0 aromatic heterocycles. The summed E-state index contributed by atoms with van der Waals surface area (Å²) in [5.41, 5.74) is 3.35. The van der Waals surface area contributed by atoms with E-state index in [1.165, 1.54) is 16.9 Å². The average molecular weight is 340 g/mol. The van der Waals surface area contributed by atoms with E-state index in [-0.39, 0.29) is 5.91 Å². The molecule has 0 saturated carbocycles. The van der Waals surface area contributed by atoms with Crippen molar-refractivity contribution < 1.29 is 4.79 Å². The molecule has 1 fully saturated rings. The molecule has 0 aliphatic carbocycles. The Morgan fingerprint density at radius 2 is 1.96 bits per heavy atom. The van der Waals surface area contributed by atoms with Gasteiger partial charge >= 0.3 is 0 Å². The van der Waals surface area contributed by atoms with E-state index in [9.17, 15) is 4.79 Å². The maximum atomic E-state index is 12.2. The second kappa shape index (κ2) is 7.86. The van der Waals surface area contributed by atoms with Gasteiger partial charge in [0.05, 0.1) is 0 Å². The lowest BCUT2D eigenvalue weighted by molar-refractivity contribution is 0.0827. The molecule has 126 valence electrons. The van der Waals surface area contributed by atoms with Crippen LogP contribution in [0.2, 0.25) is 0 Å². The van der Waals surface area contributed by atoms with Gasteiger partial charge in [0.2, 0.25) is 0 Å². The van der Waals surface area contributed by atoms with Gasteiger partial charge in [0.1, 0.15) is 0 Å². The summed E-state index contributed by atoms with van der Waals surface area (Å²) in [7, 11) is 3.59. The van der Waals surface area contributed by atoms with Gasteiger partial charge in [0, 0.05) is 50.3 Å². The summed E-state index contributed by atoms with van der Waals surface area (Å²) in [6.07, 6.45) is 0. The predicted octanol–water partition coefficient (Wildman–Crippen LogP) is 3.68. The number of benzene rings is 2. The van der Waals surface area contributed by atoms with Crippen LogP contribution >= 0.6 is 11.8 Å². The van der Waals surface area contributed by atoms with Gasteiger partial charge in [-0.25, -0.2) is 0 Å². The first-order chi connectivity index (χ1) is 11.6. The van der Waals surface area contributed by atoms with Gasteiger partial charge in [-0.05, 0) is 23.3 Å². The molecular formula is C20H24N2OS. The number of hydrogen-bond acceptors (Lipinski definition) is 3. The highest BCUT2D eigenvalue weighted by molar-refractivity contribution is 7.99. The molecule has 0 radical (unpaired) electrons. The fourth-order valence-electron chi connectivity index (χ4n) is 3.10. The Morgan fingerprint density at radius 3 is 2.71 bits per heavy atom. The minimum atomic E-state index is 0.0608. The van der Waals surface area contributed by atoms with Crippen LogP contribution in [0.1, 0.15) is 27.5 Å². The molecule has 1 atom stereocenters. The molecule has 2 aromatic rings. The van der Waals surface area contributed by atoms with Crippen molar-refractivity contribution in [1.29, 1.82) is 0 Å². The van der Waals surface area contributed by atoms with E-state index in [0.717, 1.165) is 24.4 Å². The molecule has 1 unspecified atom stereocenters. The summed E-state index contributed by atoms with van der Waals surface area (Å²) in [5.74, 6) is 2.35. The van der Waals surface area contributed by atoms with Crippen LogP contribution in [-0.2, 0) is 6.54 Å². The lowest BCUT2D eigenvalue weighted by Gasteiger charge is -2.35. The van der Waals surface area contributed by atoms with Crippen LogP contribution in [0.3, 0.4) is 0 Å². The highest BCUT2D eigenvalue weighted by atomic mass is 32.2. The third-order valence-corrected chi connectivity index (χ3v) is 5.41. The molecule has 1 aliphatic heterocycles. The lowest BCUT2D eigenvalue weighted by Crippen LogP contribution is -2.35. The average Bonchev–Trinajstić information content (AvgIpc) is 2.62. The number of nitrogens with zero attached hydrogens (tertiary/aromatic N) is 2. The Hall–Kier alpha value is -1.78. The van der Waals surface area contributed by atoms with E-state index in [2.05, 4.69) is 41.3 Å². The van der Waals surface area contributed by atoms with E-state index in [4.69, 9.17) is 0 Å². The standard InChI is InChI=1S/C20H24N2OS/c1-21(2)20(23)18-10-6-7-16(13-18)14-22-11-12-24-15-19(22)17-8-4-3-5-9-17/h3-10,13,19H,11-12,14-15H2,1-2H3. The number of amides is 1. The summed E-state index contributed by atoms with van der Waals surface area (Å²) < 4.78 is 0. The quantitative estimate of drug-likeness (QED) is 0.848. The number of thioether (sulfide) groups is 1. The second-order valence-electron chi connectivity index (χ2n) is 6.37. The highest BCUT2D eigenvalue weighted by Crippen LogP contribution is 2.30. The van der Waals surface area contributed by atoms with E-state index < -0.39 is 0 Å². The van der Waals surface area contributed by atoms with Crippen molar-refractivity contribution in [2.24, 2.45) is 0 Å². The zero-order valence-corrected chi connectivity index (χ0v) is 15.1. The van der Waals surface area contributed by atoms with Gasteiger partial charge < -0.3 is 4.90 Å². The normalized spacial score (nSPS) is 18.3. The minimum Gasteiger partial charge on any atom is -0.345 e. The maximum Gasteiger partial charge on any atom is 0.253 e. The topological polar surface area (TPSA) is 23.6 Å². The first-order valence-electron chi connectivity index (χ1n) is 8.32. The summed E-state index contributed by atoms with van der Waals surface area (Å²) in [5, 5.41) is 0. The predicted molar refractivity (Wildman–Crippen MR) is 101 cm³/mol. The van der Waals surface area contributed by atoms with Crippen molar-refractivity contribution in [2.75, 3.05) is 32.1 Å². The summed E-state index contributed by atoms with van der Waals surface area (Å²) in [6, 6.07) is 19.2. The lowest BCUT2D eigenvalue weighted by atomic mass is 10.0. The molecule has 0 spiro atoms. The monoisotopic (exact) mass is 340 g/mol. The molecule has 0 bridgehead atoms. The maximum absolute atomic E-state index is 12.2. The van der Waals surface area contributed by atoms with Crippen LogP contribution < -0.4 is 0 Å². The smallest absolute Gasteiger partial charge is 0.253 e. The Bertz CT molecular complexity index is 687. The number of carbonyl (C=O) groups excluding carboxylic acids is 1. The van der Waals surface area contributed by atoms with Crippen LogP contribution in [0, 0.1) is 0 Å². The van der Waals surface area contributed by atoms with Crippen molar-refractivity contribution in [3.05, 3.63) is 71.3 Å². The van der Waals surface area contributed by atoms with Crippen LogP contribution in [0.4, 0.5) is 0 Å². The Labute approximate surface area is 148 Å². The largest absolute Gasteiger partial charge is 0.345 e. The van der Waals surface area contributed by atoms with Gasteiger partial charge in [0.15, 0.2) is 0 Å². The molecule has 1 heterocycles. The fourth-order valence-corrected chi connectivity index (χ4v) is 4.26. The van der Waals surface area contributed by atoms with Crippen molar-refractivity contribution in [3.8, 4) is 0 Å².